The highest BCUT2D eigenvalue weighted by Gasteiger charge is 2.13. The van der Waals surface area contributed by atoms with Crippen LogP contribution in [0.5, 0.6) is 5.75 Å². The van der Waals surface area contributed by atoms with Gasteiger partial charge in [-0.3, -0.25) is 9.79 Å². The molecule has 168 valence electrons. The molecule has 0 saturated carbocycles. The number of benzene rings is 2. The number of ether oxygens (including phenoxy) is 2. The number of hydrogen-bond acceptors (Lipinski definition) is 5. The second-order valence-corrected chi connectivity index (χ2v) is 6.41. The number of nitrogens with zero attached hydrogens (tertiary/aromatic N) is 1. The molecule has 1 amide bonds. The number of esters is 1. The van der Waals surface area contributed by atoms with Crippen molar-refractivity contribution in [1.29, 1.82) is 0 Å². The summed E-state index contributed by atoms with van der Waals surface area (Å²) in [5, 5.41) is 9.08. The first kappa shape index (κ1) is 26.2. The van der Waals surface area contributed by atoms with Crippen LogP contribution in [0.3, 0.4) is 0 Å². The van der Waals surface area contributed by atoms with Crippen LogP contribution in [0.4, 0.5) is 0 Å². The molecule has 3 N–H and O–H groups in total. The largest absolute Gasteiger partial charge is 0.496 e. The van der Waals surface area contributed by atoms with E-state index in [1.54, 1.807) is 32.3 Å². The predicted molar refractivity (Wildman–Crippen MR) is 131 cm³/mol. The number of carbonyl (C=O) groups excluding carboxylic acids is 2. The van der Waals surface area contributed by atoms with Crippen molar-refractivity contribution in [2.75, 3.05) is 34.9 Å². The average molecular weight is 540 g/mol. The third kappa shape index (κ3) is 7.74. The van der Waals surface area contributed by atoms with Crippen molar-refractivity contribution >= 4 is 41.8 Å². The van der Waals surface area contributed by atoms with Gasteiger partial charge >= 0.3 is 5.97 Å². The zero-order valence-electron chi connectivity index (χ0n) is 18.2. The van der Waals surface area contributed by atoms with Crippen LogP contribution in [-0.4, -0.2) is 52.7 Å². The van der Waals surface area contributed by atoms with Crippen molar-refractivity contribution in [3.63, 3.8) is 0 Å². The minimum atomic E-state index is -0.449. The van der Waals surface area contributed by atoms with E-state index in [1.807, 2.05) is 24.3 Å². The van der Waals surface area contributed by atoms with Gasteiger partial charge in [0.05, 0.1) is 14.2 Å². The Morgan fingerprint density at radius 2 is 1.81 bits per heavy atom. The lowest BCUT2D eigenvalue weighted by Crippen LogP contribution is -2.37. The predicted octanol–water partition coefficient (Wildman–Crippen LogP) is 2.37. The first-order chi connectivity index (χ1) is 14.5. The van der Waals surface area contributed by atoms with Gasteiger partial charge in [-0.05, 0) is 41.8 Å². The number of nitrogens with one attached hydrogen (secondary N) is 3. The molecule has 0 aliphatic rings. The Morgan fingerprint density at radius 1 is 1.03 bits per heavy atom. The summed E-state index contributed by atoms with van der Waals surface area (Å²) in [6.45, 7) is 1.12. The fourth-order valence-electron chi connectivity index (χ4n) is 2.88. The Hall–Kier alpha value is -2.82. The van der Waals surface area contributed by atoms with Gasteiger partial charge < -0.3 is 25.4 Å². The van der Waals surface area contributed by atoms with Crippen LogP contribution in [0.25, 0.3) is 0 Å². The van der Waals surface area contributed by atoms with E-state index in [-0.39, 0.29) is 29.9 Å². The lowest BCUT2D eigenvalue weighted by atomic mass is 10.1. The summed E-state index contributed by atoms with van der Waals surface area (Å²) >= 11 is 0. The molecule has 0 aliphatic carbocycles. The summed E-state index contributed by atoms with van der Waals surface area (Å²) in [4.78, 5) is 27.9. The normalized spacial score (nSPS) is 10.5. The fourth-order valence-corrected chi connectivity index (χ4v) is 2.88. The number of halogens is 1. The highest BCUT2D eigenvalue weighted by molar-refractivity contribution is 14.0. The van der Waals surface area contributed by atoms with Crippen molar-refractivity contribution in [1.82, 2.24) is 16.0 Å². The molecule has 0 unspecified atom stereocenters. The molecule has 0 atom stereocenters. The Morgan fingerprint density at radius 3 is 2.45 bits per heavy atom. The van der Waals surface area contributed by atoms with E-state index in [1.165, 1.54) is 14.2 Å². The highest BCUT2D eigenvalue weighted by atomic mass is 127. The van der Waals surface area contributed by atoms with Gasteiger partial charge in [0.25, 0.3) is 5.91 Å². The quantitative estimate of drug-likeness (QED) is 0.206. The average Bonchev–Trinajstić information content (AvgIpc) is 2.80. The molecule has 2 rings (SSSR count). The van der Waals surface area contributed by atoms with E-state index in [0.29, 0.717) is 35.9 Å². The minimum Gasteiger partial charge on any atom is -0.496 e. The van der Waals surface area contributed by atoms with Gasteiger partial charge in [-0.1, -0.05) is 18.2 Å². The molecule has 8 nitrogen and oxygen atoms in total. The number of methoxy groups -OCH3 is 2. The van der Waals surface area contributed by atoms with Gasteiger partial charge in [-0.25, -0.2) is 4.79 Å². The molecule has 0 radical (unpaired) electrons. The Kier molecular flexibility index (Phi) is 11.4. The summed E-state index contributed by atoms with van der Waals surface area (Å²) in [5.74, 6) is 0.545. The Bertz CT molecular complexity index is 918. The smallest absolute Gasteiger partial charge is 0.341 e. The van der Waals surface area contributed by atoms with Crippen LogP contribution in [0.2, 0.25) is 0 Å². The molecular weight excluding hydrogens is 511 g/mol. The summed E-state index contributed by atoms with van der Waals surface area (Å²) < 4.78 is 10.0. The van der Waals surface area contributed by atoms with Crippen molar-refractivity contribution in [2.24, 2.45) is 4.99 Å². The van der Waals surface area contributed by atoms with Crippen molar-refractivity contribution < 1.29 is 19.1 Å². The van der Waals surface area contributed by atoms with E-state index in [2.05, 4.69) is 20.9 Å². The number of aliphatic imine (C=N–C) groups is 1. The van der Waals surface area contributed by atoms with Crippen LogP contribution in [0, 0.1) is 0 Å². The van der Waals surface area contributed by atoms with Crippen LogP contribution in [0.15, 0.2) is 47.5 Å². The number of hydrogen-bond donors (Lipinski definition) is 3. The molecule has 0 aliphatic heterocycles. The van der Waals surface area contributed by atoms with Crippen molar-refractivity contribution in [2.45, 2.75) is 13.0 Å². The Balaban J connectivity index is 0.00000480. The maximum absolute atomic E-state index is 11.9. The van der Waals surface area contributed by atoms with E-state index in [0.717, 1.165) is 17.5 Å². The second kappa shape index (κ2) is 13.5. The third-order valence-corrected chi connectivity index (χ3v) is 4.48. The molecule has 0 heterocycles. The first-order valence-corrected chi connectivity index (χ1v) is 9.53. The van der Waals surface area contributed by atoms with Gasteiger partial charge in [0.15, 0.2) is 5.96 Å². The second-order valence-electron chi connectivity index (χ2n) is 6.41. The molecule has 9 heteroatoms. The molecule has 2 aromatic carbocycles. The SMILES string of the molecule is CN=C(NCCc1cccc(C(=O)NC)c1)NCc1ccc(OC)c(C(=O)OC)c1.I. The number of rotatable bonds is 8. The minimum absolute atomic E-state index is 0. The van der Waals surface area contributed by atoms with Gasteiger partial charge in [-0.15, -0.1) is 24.0 Å². The Labute approximate surface area is 199 Å². The van der Waals surface area contributed by atoms with Gasteiger partial charge in [0.1, 0.15) is 11.3 Å². The fraction of sp³-hybridized carbons (Fsp3) is 0.318. The molecule has 0 fully saturated rings. The lowest BCUT2D eigenvalue weighted by molar-refractivity contribution is 0.0596. The standard InChI is InChI=1S/C22H28N4O4.HI/c1-23-20(27)17-7-5-6-15(12-17)10-11-25-22(24-2)26-14-16-8-9-19(29-3)18(13-16)21(28)30-4;/h5-9,12-13H,10-11,14H2,1-4H3,(H,23,27)(H2,24,25,26);1H. The van der Waals surface area contributed by atoms with E-state index >= 15 is 0 Å². The molecule has 0 saturated heterocycles. The van der Waals surface area contributed by atoms with Crippen LogP contribution < -0.4 is 20.7 Å². The number of guanidine groups is 1. The molecule has 2 aromatic rings. The first-order valence-electron chi connectivity index (χ1n) is 9.53. The molecule has 0 bridgehead atoms. The van der Waals surface area contributed by atoms with Crippen LogP contribution >= 0.6 is 24.0 Å². The van der Waals surface area contributed by atoms with Gasteiger partial charge in [-0.2, -0.15) is 0 Å². The lowest BCUT2D eigenvalue weighted by Gasteiger charge is -2.13. The zero-order chi connectivity index (χ0) is 21.9. The molecule has 0 spiro atoms. The molecular formula is C22H29IN4O4. The number of amides is 1. The van der Waals surface area contributed by atoms with E-state index < -0.39 is 5.97 Å². The highest BCUT2D eigenvalue weighted by Crippen LogP contribution is 2.20. The monoisotopic (exact) mass is 540 g/mol. The van der Waals surface area contributed by atoms with E-state index in [4.69, 9.17) is 9.47 Å². The van der Waals surface area contributed by atoms with Gasteiger partial charge in [0.2, 0.25) is 0 Å². The summed E-state index contributed by atoms with van der Waals surface area (Å²) in [6.07, 6.45) is 0.737. The summed E-state index contributed by atoms with van der Waals surface area (Å²) in [5.41, 5.74) is 2.95. The van der Waals surface area contributed by atoms with Crippen molar-refractivity contribution in [3.05, 3.63) is 64.7 Å². The van der Waals surface area contributed by atoms with E-state index in [9.17, 15) is 9.59 Å². The summed E-state index contributed by atoms with van der Waals surface area (Å²) in [7, 11) is 6.15. The van der Waals surface area contributed by atoms with Gasteiger partial charge in [0, 0.05) is 32.7 Å². The number of carbonyl (C=O) groups is 2. The molecule has 0 aromatic heterocycles. The van der Waals surface area contributed by atoms with Crippen LogP contribution in [0.1, 0.15) is 31.8 Å². The maximum Gasteiger partial charge on any atom is 0.341 e. The third-order valence-electron chi connectivity index (χ3n) is 4.48. The zero-order valence-corrected chi connectivity index (χ0v) is 20.5. The van der Waals surface area contributed by atoms with Crippen LogP contribution in [-0.2, 0) is 17.7 Å². The topological polar surface area (TPSA) is 101 Å². The van der Waals surface area contributed by atoms with Crippen molar-refractivity contribution in [3.8, 4) is 5.75 Å². The maximum atomic E-state index is 11.9. The molecule has 31 heavy (non-hydrogen) atoms. The summed E-state index contributed by atoms with van der Waals surface area (Å²) in [6, 6.07) is 12.9.